The summed E-state index contributed by atoms with van der Waals surface area (Å²) in [7, 11) is 1.63. The highest BCUT2D eigenvalue weighted by Gasteiger charge is 2.31. The highest BCUT2D eigenvalue weighted by atomic mass is 32.1. The number of hydrogen-bond donors (Lipinski definition) is 1. The molecule has 0 bridgehead atoms. The van der Waals surface area contributed by atoms with E-state index in [4.69, 9.17) is 9.47 Å². The van der Waals surface area contributed by atoms with Gasteiger partial charge in [-0.1, -0.05) is 12.1 Å². The van der Waals surface area contributed by atoms with Crippen LogP contribution in [0.15, 0.2) is 46.7 Å². The zero-order valence-corrected chi connectivity index (χ0v) is 16.6. The third-order valence-electron chi connectivity index (χ3n) is 4.92. The van der Waals surface area contributed by atoms with Crippen LogP contribution in [0.1, 0.15) is 16.6 Å². The predicted molar refractivity (Wildman–Crippen MR) is 108 cm³/mol. The highest BCUT2D eigenvalue weighted by molar-refractivity contribution is 7.09. The number of ether oxygens (including phenoxy) is 2. The van der Waals surface area contributed by atoms with Gasteiger partial charge in [-0.3, -0.25) is 4.79 Å². The van der Waals surface area contributed by atoms with Gasteiger partial charge < -0.3 is 14.8 Å². The number of methoxy groups -OCH3 is 1. The molecule has 146 valence electrons. The van der Waals surface area contributed by atoms with E-state index in [1.54, 1.807) is 35.3 Å². The smallest absolute Gasteiger partial charge is 0.267 e. The molecule has 1 aliphatic heterocycles. The van der Waals surface area contributed by atoms with Crippen molar-refractivity contribution < 1.29 is 9.47 Å². The molecule has 8 heteroatoms. The molecule has 2 atom stereocenters. The molecule has 0 radical (unpaired) electrons. The normalized spacial score (nSPS) is 19.1. The summed E-state index contributed by atoms with van der Waals surface area (Å²) in [5.41, 5.74) is 4.36. The van der Waals surface area contributed by atoms with Crippen molar-refractivity contribution in [3.8, 4) is 17.0 Å². The van der Waals surface area contributed by atoms with Gasteiger partial charge in [-0.15, -0.1) is 11.3 Å². The van der Waals surface area contributed by atoms with Crippen LogP contribution in [0.3, 0.4) is 0 Å². The molecular weight excluding hydrogens is 376 g/mol. The SMILES string of the molecule is COc1cccc(-c2ccc(=O)n(C3COCC3NCc3scnc3C)n2)c1. The number of aryl methyl sites for hydroxylation is 1. The summed E-state index contributed by atoms with van der Waals surface area (Å²) in [5.74, 6) is 0.751. The minimum Gasteiger partial charge on any atom is -0.497 e. The lowest BCUT2D eigenvalue weighted by molar-refractivity contribution is 0.181. The summed E-state index contributed by atoms with van der Waals surface area (Å²) in [6.07, 6.45) is 0. The van der Waals surface area contributed by atoms with Crippen molar-refractivity contribution in [2.24, 2.45) is 0 Å². The van der Waals surface area contributed by atoms with Crippen molar-refractivity contribution in [2.45, 2.75) is 25.6 Å². The molecule has 1 N–H and O–H groups in total. The van der Waals surface area contributed by atoms with Crippen molar-refractivity contribution >= 4 is 11.3 Å². The average molecular weight is 398 g/mol. The molecule has 0 amide bonds. The lowest BCUT2D eigenvalue weighted by Gasteiger charge is -2.20. The second-order valence-corrected chi connectivity index (χ2v) is 7.63. The maximum absolute atomic E-state index is 12.5. The zero-order valence-electron chi connectivity index (χ0n) is 15.8. The van der Waals surface area contributed by atoms with Gasteiger partial charge in [0.2, 0.25) is 0 Å². The fourth-order valence-corrected chi connectivity index (χ4v) is 4.03. The van der Waals surface area contributed by atoms with Crippen molar-refractivity contribution in [3.63, 3.8) is 0 Å². The molecular formula is C20H22N4O3S. The molecule has 7 nitrogen and oxygen atoms in total. The Bertz CT molecular complexity index is 1020. The number of nitrogens with zero attached hydrogens (tertiary/aromatic N) is 3. The van der Waals surface area contributed by atoms with Crippen LogP contribution < -0.4 is 15.6 Å². The van der Waals surface area contributed by atoms with Crippen LogP contribution >= 0.6 is 11.3 Å². The molecule has 3 aromatic rings. The van der Waals surface area contributed by atoms with Gasteiger partial charge in [0, 0.05) is 23.1 Å². The Kier molecular flexibility index (Phi) is 5.52. The van der Waals surface area contributed by atoms with Gasteiger partial charge in [0.15, 0.2) is 0 Å². The maximum Gasteiger partial charge on any atom is 0.267 e. The molecule has 0 spiro atoms. The van der Waals surface area contributed by atoms with Gasteiger partial charge in [0.25, 0.3) is 5.56 Å². The Hall–Kier alpha value is -2.55. The van der Waals surface area contributed by atoms with E-state index in [0.29, 0.717) is 19.8 Å². The summed E-state index contributed by atoms with van der Waals surface area (Å²) < 4.78 is 12.5. The van der Waals surface area contributed by atoms with Gasteiger partial charge in [0.1, 0.15) is 5.75 Å². The van der Waals surface area contributed by atoms with Gasteiger partial charge in [0.05, 0.1) is 49.3 Å². The van der Waals surface area contributed by atoms with Crippen LogP contribution in [-0.2, 0) is 11.3 Å². The fraction of sp³-hybridized carbons (Fsp3) is 0.350. The standard InChI is InChI=1S/C20H22N4O3S/c1-13-19(28-12-22-13)9-21-17-10-27-11-18(17)24-20(25)7-6-16(23-24)14-4-3-5-15(8-14)26-2/h3-8,12,17-18,21H,9-11H2,1-2H3. The van der Waals surface area contributed by atoms with E-state index in [-0.39, 0.29) is 17.6 Å². The van der Waals surface area contributed by atoms with Gasteiger partial charge in [-0.05, 0) is 25.1 Å². The molecule has 0 saturated carbocycles. The second kappa shape index (κ2) is 8.22. The van der Waals surface area contributed by atoms with Crippen LogP contribution in [-0.4, -0.2) is 41.1 Å². The average Bonchev–Trinajstić information content (AvgIpc) is 3.35. The Morgan fingerprint density at radius 1 is 1.32 bits per heavy atom. The fourth-order valence-electron chi connectivity index (χ4n) is 3.30. The molecule has 28 heavy (non-hydrogen) atoms. The monoisotopic (exact) mass is 398 g/mol. The maximum atomic E-state index is 12.5. The Morgan fingerprint density at radius 3 is 3.00 bits per heavy atom. The topological polar surface area (TPSA) is 78.3 Å². The second-order valence-electron chi connectivity index (χ2n) is 6.69. The largest absolute Gasteiger partial charge is 0.497 e. The van der Waals surface area contributed by atoms with Crippen LogP contribution in [0.5, 0.6) is 5.75 Å². The highest BCUT2D eigenvalue weighted by Crippen LogP contribution is 2.23. The number of rotatable bonds is 6. The lowest BCUT2D eigenvalue weighted by Crippen LogP contribution is -2.41. The molecule has 1 fully saturated rings. The number of hydrogen-bond acceptors (Lipinski definition) is 7. The Labute approximate surface area is 167 Å². The number of nitrogens with one attached hydrogen (secondary N) is 1. The van der Waals surface area contributed by atoms with Crippen LogP contribution in [0.4, 0.5) is 0 Å². The molecule has 1 aliphatic rings. The number of aromatic nitrogens is 3. The lowest BCUT2D eigenvalue weighted by atomic mass is 10.1. The van der Waals surface area contributed by atoms with E-state index in [0.717, 1.165) is 22.7 Å². The molecule has 3 heterocycles. The zero-order chi connectivity index (χ0) is 19.5. The summed E-state index contributed by atoms with van der Waals surface area (Å²) in [5, 5.41) is 8.14. The van der Waals surface area contributed by atoms with Gasteiger partial charge in [-0.25, -0.2) is 9.67 Å². The van der Waals surface area contributed by atoms with E-state index < -0.39 is 0 Å². The first-order valence-electron chi connectivity index (χ1n) is 9.10. The molecule has 1 aromatic carbocycles. The molecule has 0 aliphatic carbocycles. The van der Waals surface area contributed by atoms with Crippen molar-refractivity contribution in [1.82, 2.24) is 20.1 Å². The Balaban J connectivity index is 1.58. The summed E-state index contributed by atoms with van der Waals surface area (Å²) in [6.45, 7) is 3.69. The first-order valence-corrected chi connectivity index (χ1v) is 9.98. The van der Waals surface area contributed by atoms with E-state index in [1.165, 1.54) is 4.88 Å². The van der Waals surface area contributed by atoms with Crippen molar-refractivity contribution in [1.29, 1.82) is 0 Å². The van der Waals surface area contributed by atoms with E-state index >= 15 is 0 Å². The molecule has 4 rings (SSSR count). The summed E-state index contributed by atoms with van der Waals surface area (Å²) in [6, 6.07) is 10.8. The first kappa shape index (κ1) is 18.8. The van der Waals surface area contributed by atoms with Crippen molar-refractivity contribution in [3.05, 3.63) is 62.8 Å². The number of benzene rings is 1. The summed E-state index contributed by atoms with van der Waals surface area (Å²) >= 11 is 1.63. The van der Waals surface area contributed by atoms with E-state index in [9.17, 15) is 4.79 Å². The van der Waals surface area contributed by atoms with Crippen LogP contribution in [0.2, 0.25) is 0 Å². The third-order valence-corrected chi connectivity index (χ3v) is 5.86. The summed E-state index contributed by atoms with van der Waals surface area (Å²) in [4.78, 5) is 18.0. The quantitative estimate of drug-likeness (QED) is 0.687. The molecule has 2 unspecified atom stereocenters. The van der Waals surface area contributed by atoms with Crippen LogP contribution in [0.25, 0.3) is 11.3 Å². The molecule has 1 saturated heterocycles. The van der Waals surface area contributed by atoms with Crippen molar-refractivity contribution in [2.75, 3.05) is 20.3 Å². The van der Waals surface area contributed by atoms with Crippen LogP contribution in [0, 0.1) is 6.92 Å². The third kappa shape index (κ3) is 3.84. The van der Waals surface area contributed by atoms with Gasteiger partial charge >= 0.3 is 0 Å². The van der Waals surface area contributed by atoms with Gasteiger partial charge in [-0.2, -0.15) is 5.10 Å². The first-order chi connectivity index (χ1) is 13.7. The molecule has 2 aromatic heterocycles. The van der Waals surface area contributed by atoms with E-state index in [2.05, 4.69) is 15.4 Å². The van der Waals surface area contributed by atoms with E-state index in [1.807, 2.05) is 36.7 Å². The minimum atomic E-state index is -0.161. The number of thiazole rings is 1. The predicted octanol–water partition coefficient (Wildman–Crippen LogP) is 2.41. The Morgan fingerprint density at radius 2 is 2.21 bits per heavy atom. The minimum absolute atomic E-state index is 0.00672.